The largest absolute Gasteiger partial charge is 0.376 e. The second-order valence-electron chi connectivity index (χ2n) is 6.06. The third kappa shape index (κ3) is 3.30. The highest BCUT2D eigenvalue weighted by Crippen LogP contribution is 2.19. The molecule has 0 aromatic heterocycles. The van der Waals surface area contributed by atoms with Gasteiger partial charge in [-0.25, -0.2) is 0 Å². The van der Waals surface area contributed by atoms with Crippen LogP contribution in [0.1, 0.15) is 22.3 Å². The van der Waals surface area contributed by atoms with E-state index in [1.54, 1.807) is 0 Å². The fourth-order valence-electron chi connectivity index (χ4n) is 3.07. The molecule has 0 saturated carbocycles. The highest BCUT2D eigenvalue weighted by atomic mass is 16.2. The van der Waals surface area contributed by atoms with Gasteiger partial charge >= 0.3 is 0 Å². The van der Waals surface area contributed by atoms with Crippen LogP contribution in [0.2, 0.25) is 0 Å². The van der Waals surface area contributed by atoms with E-state index >= 15 is 0 Å². The average molecular weight is 294 g/mol. The first-order chi connectivity index (χ1) is 10.6. The zero-order chi connectivity index (χ0) is 15.5. The first kappa shape index (κ1) is 14.6. The summed E-state index contributed by atoms with van der Waals surface area (Å²) in [7, 11) is 0. The number of nitrogens with one attached hydrogen (secondary N) is 1. The third-order valence-corrected chi connectivity index (χ3v) is 4.15. The Morgan fingerprint density at radius 2 is 1.77 bits per heavy atom. The van der Waals surface area contributed by atoms with Gasteiger partial charge in [-0.3, -0.25) is 4.79 Å². The number of carbonyl (C=O) groups is 1. The van der Waals surface area contributed by atoms with Crippen LogP contribution in [0.5, 0.6) is 0 Å². The molecule has 0 unspecified atom stereocenters. The molecule has 0 radical (unpaired) electrons. The summed E-state index contributed by atoms with van der Waals surface area (Å²) < 4.78 is 0. The van der Waals surface area contributed by atoms with Crippen molar-refractivity contribution < 1.29 is 4.79 Å². The van der Waals surface area contributed by atoms with Crippen molar-refractivity contribution in [2.24, 2.45) is 0 Å². The number of carbonyl (C=O) groups excluding carboxylic acids is 1. The molecule has 1 aliphatic rings. The van der Waals surface area contributed by atoms with E-state index in [0.717, 1.165) is 25.2 Å². The Kier molecular flexibility index (Phi) is 4.14. The molecule has 1 heterocycles. The predicted octanol–water partition coefficient (Wildman–Crippen LogP) is 3.30. The molecular formula is C19H22N2O. The van der Waals surface area contributed by atoms with E-state index < -0.39 is 0 Å². The molecule has 0 spiro atoms. The van der Waals surface area contributed by atoms with Crippen LogP contribution in [-0.2, 0) is 17.8 Å². The maximum Gasteiger partial charge on any atom is 0.242 e. The van der Waals surface area contributed by atoms with E-state index in [2.05, 4.69) is 55.6 Å². The summed E-state index contributed by atoms with van der Waals surface area (Å²) in [6, 6.07) is 14.7. The Balaban J connectivity index is 1.61. The Bertz CT molecular complexity index is 673. The highest BCUT2D eigenvalue weighted by Gasteiger charge is 2.19. The molecule has 0 atom stereocenters. The lowest BCUT2D eigenvalue weighted by Gasteiger charge is -2.29. The number of hydrogen-bond acceptors (Lipinski definition) is 2. The van der Waals surface area contributed by atoms with E-state index in [4.69, 9.17) is 0 Å². The summed E-state index contributed by atoms with van der Waals surface area (Å²) in [5.74, 6) is 0.161. The van der Waals surface area contributed by atoms with Gasteiger partial charge in [-0.1, -0.05) is 30.3 Å². The van der Waals surface area contributed by atoms with Gasteiger partial charge in [0.1, 0.15) is 0 Å². The third-order valence-electron chi connectivity index (χ3n) is 4.15. The minimum atomic E-state index is 0.161. The molecule has 1 N–H and O–H groups in total. The number of hydrogen-bond donors (Lipinski definition) is 1. The van der Waals surface area contributed by atoms with Crippen LogP contribution in [0, 0.1) is 13.8 Å². The van der Waals surface area contributed by atoms with Crippen molar-refractivity contribution in [1.82, 2.24) is 4.90 Å². The molecule has 0 bridgehead atoms. The van der Waals surface area contributed by atoms with Crippen molar-refractivity contribution in [3.8, 4) is 0 Å². The van der Waals surface area contributed by atoms with Crippen LogP contribution in [-0.4, -0.2) is 23.9 Å². The lowest BCUT2D eigenvalue weighted by atomic mass is 10.00. The summed E-state index contributed by atoms with van der Waals surface area (Å²) in [6.07, 6.45) is 0.950. The van der Waals surface area contributed by atoms with Crippen LogP contribution in [0.25, 0.3) is 0 Å². The van der Waals surface area contributed by atoms with Gasteiger partial charge in [0.05, 0.1) is 6.54 Å². The summed E-state index contributed by atoms with van der Waals surface area (Å²) in [4.78, 5) is 14.4. The Labute approximate surface area is 132 Å². The number of benzene rings is 2. The summed E-state index contributed by atoms with van der Waals surface area (Å²) >= 11 is 0. The van der Waals surface area contributed by atoms with E-state index in [-0.39, 0.29) is 5.91 Å². The van der Waals surface area contributed by atoms with Crippen molar-refractivity contribution in [1.29, 1.82) is 0 Å². The molecule has 3 nitrogen and oxygen atoms in total. The van der Waals surface area contributed by atoms with Crippen LogP contribution in [0.4, 0.5) is 5.69 Å². The number of aryl methyl sites for hydroxylation is 2. The van der Waals surface area contributed by atoms with Crippen molar-refractivity contribution >= 4 is 11.6 Å². The number of nitrogens with zero attached hydrogens (tertiary/aromatic N) is 1. The topological polar surface area (TPSA) is 32.3 Å². The van der Waals surface area contributed by atoms with Crippen LogP contribution < -0.4 is 5.32 Å². The van der Waals surface area contributed by atoms with Gasteiger partial charge < -0.3 is 10.2 Å². The van der Waals surface area contributed by atoms with Crippen molar-refractivity contribution in [2.45, 2.75) is 26.8 Å². The molecule has 22 heavy (non-hydrogen) atoms. The molecule has 1 amide bonds. The second kappa shape index (κ2) is 6.22. The van der Waals surface area contributed by atoms with Gasteiger partial charge in [-0.15, -0.1) is 0 Å². The first-order valence-corrected chi connectivity index (χ1v) is 7.78. The SMILES string of the molecule is Cc1cc(C)cc(NCC(=O)N2CCc3ccccc3C2)c1. The monoisotopic (exact) mass is 294 g/mol. The minimum Gasteiger partial charge on any atom is -0.376 e. The lowest BCUT2D eigenvalue weighted by Crippen LogP contribution is -2.39. The number of anilines is 1. The summed E-state index contributed by atoms with van der Waals surface area (Å²) in [6.45, 7) is 6.03. The number of fused-ring (bicyclic) bond motifs is 1. The summed E-state index contributed by atoms with van der Waals surface area (Å²) in [5, 5.41) is 3.26. The molecule has 0 fully saturated rings. The molecule has 3 heteroatoms. The standard InChI is InChI=1S/C19H22N2O/c1-14-9-15(2)11-18(10-14)20-12-19(22)21-8-7-16-5-3-4-6-17(16)13-21/h3-6,9-11,20H,7-8,12-13H2,1-2H3. The minimum absolute atomic E-state index is 0.161. The van der Waals surface area contributed by atoms with Crippen LogP contribution in [0.15, 0.2) is 42.5 Å². The number of rotatable bonds is 3. The second-order valence-corrected chi connectivity index (χ2v) is 6.06. The first-order valence-electron chi connectivity index (χ1n) is 7.78. The number of amides is 1. The normalized spacial score (nSPS) is 13.6. The zero-order valence-electron chi connectivity index (χ0n) is 13.2. The molecule has 1 aliphatic heterocycles. The Morgan fingerprint density at radius 3 is 2.50 bits per heavy atom. The molecule has 3 rings (SSSR count). The quantitative estimate of drug-likeness (QED) is 0.942. The molecule has 2 aromatic rings. The fourth-order valence-corrected chi connectivity index (χ4v) is 3.07. The Morgan fingerprint density at radius 1 is 1.09 bits per heavy atom. The predicted molar refractivity (Wildman–Crippen MR) is 90.0 cm³/mol. The molecule has 114 valence electrons. The van der Waals surface area contributed by atoms with E-state index in [1.807, 2.05) is 11.0 Å². The maximum absolute atomic E-state index is 12.4. The fraction of sp³-hybridized carbons (Fsp3) is 0.316. The zero-order valence-corrected chi connectivity index (χ0v) is 13.2. The van der Waals surface area contributed by atoms with Crippen molar-refractivity contribution in [2.75, 3.05) is 18.4 Å². The van der Waals surface area contributed by atoms with Crippen LogP contribution in [0.3, 0.4) is 0 Å². The Hall–Kier alpha value is -2.29. The molecule has 0 aliphatic carbocycles. The van der Waals surface area contributed by atoms with Gasteiger partial charge in [-0.05, 0) is 54.7 Å². The lowest BCUT2D eigenvalue weighted by molar-refractivity contribution is -0.130. The van der Waals surface area contributed by atoms with E-state index in [0.29, 0.717) is 6.54 Å². The van der Waals surface area contributed by atoms with Gasteiger partial charge in [0.25, 0.3) is 0 Å². The molecule has 0 saturated heterocycles. The van der Waals surface area contributed by atoms with E-state index in [9.17, 15) is 4.79 Å². The van der Waals surface area contributed by atoms with Gasteiger partial charge in [0.15, 0.2) is 0 Å². The molecular weight excluding hydrogens is 272 g/mol. The highest BCUT2D eigenvalue weighted by molar-refractivity contribution is 5.81. The van der Waals surface area contributed by atoms with Crippen LogP contribution >= 0.6 is 0 Å². The van der Waals surface area contributed by atoms with Gasteiger partial charge in [0, 0.05) is 18.8 Å². The van der Waals surface area contributed by atoms with Gasteiger partial charge in [-0.2, -0.15) is 0 Å². The van der Waals surface area contributed by atoms with Crippen molar-refractivity contribution in [3.63, 3.8) is 0 Å². The smallest absolute Gasteiger partial charge is 0.242 e. The van der Waals surface area contributed by atoms with E-state index in [1.165, 1.54) is 22.3 Å². The average Bonchev–Trinajstić information content (AvgIpc) is 2.51. The van der Waals surface area contributed by atoms with Crippen molar-refractivity contribution in [3.05, 3.63) is 64.7 Å². The van der Waals surface area contributed by atoms with Gasteiger partial charge in [0.2, 0.25) is 5.91 Å². The summed E-state index contributed by atoms with van der Waals surface area (Å²) in [5.41, 5.74) is 6.08. The molecule has 2 aromatic carbocycles. The maximum atomic E-state index is 12.4.